The van der Waals surface area contributed by atoms with Crippen LogP contribution in [0.1, 0.15) is 25.8 Å². The normalized spacial score (nSPS) is 16.7. The molecule has 0 fully saturated rings. The SMILES string of the molecule is CSc1ccccc1N[C@@H](CC(C)C)[C@H]1C=CC(=O)N1C(=O)OCc1ccccc1. The van der Waals surface area contributed by atoms with Crippen LogP contribution in [0, 0.1) is 5.92 Å². The quantitative estimate of drug-likeness (QED) is 0.580. The van der Waals surface area contributed by atoms with E-state index in [4.69, 9.17) is 4.74 Å². The fourth-order valence-electron chi connectivity index (χ4n) is 3.56. The zero-order chi connectivity index (χ0) is 21.5. The van der Waals surface area contributed by atoms with Gasteiger partial charge in [-0.15, -0.1) is 11.8 Å². The van der Waals surface area contributed by atoms with Crippen molar-refractivity contribution in [2.75, 3.05) is 11.6 Å². The predicted octanol–water partition coefficient (Wildman–Crippen LogP) is 5.34. The summed E-state index contributed by atoms with van der Waals surface area (Å²) in [6, 6.07) is 17.0. The number of rotatable bonds is 8. The molecule has 0 spiro atoms. The molecule has 1 aliphatic rings. The minimum atomic E-state index is -0.618. The molecule has 2 aromatic rings. The molecule has 5 nitrogen and oxygen atoms in total. The zero-order valence-corrected chi connectivity index (χ0v) is 18.4. The van der Waals surface area contributed by atoms with Gasteiger partial charge in [0.15, 0.2) is 0 Å². The maximum atomic E-state index is 12.8. The van der Waals surface area contributed by atoms with E-state index in [1.165, 1.54) is 11.0 Å². The Morgan fingerprint density at radius 2 is 1.83 bits per heavy atom. The summed E-state index contributed by atoms with van der Waals surface area (Å²) in [5.41, 5.74) is 1.88. The highest BCUT2D eigenvalue weighted by Crippen LogP contribution is 2.29. The second-order valence-corrected chi connectivity index (χ2v) is 8.53. The van der Waals surface area contributed by atoms with Crippen molar-refractivity contribution in [3.8, 4) is 0 Å². The standard InChI is InChI=1S/C24H28N2O3S/c1-17(2)15-20(25-19-11-7-8-12-22(19)30-3)21-13-14-23(27)26(21)24(28)29-16-18-9-5-4-6-10-18/h4-14,17,20-21,25H,15-16H2,1-3H3/t20-,21+/m0/s1. The van der Waals surface area contributed by atoms with Crippen LogP contribution in [0.25, 0.3) is 0 Å². The number of para-hydroxylation sites is 1. The van der Waals surface area contributed by atoms with Crippen molar-refractivity contribution in [1.29, 1.82) is 0 Å². The lowest BCUT2D eigenvalue weighted by atomic mass is 9.97. The summed E-state index contributed by atoms with van der Waals surface area (Å²) in [6.45, 7) is 4.40. The number of thioether (sulfide) groups is 1. The molecular weight excluding hydrogens is 396 g/mol. The van der Waals surface area contributed by atoms with Gasteiger partial charge in [-0.1, -0.05) is 62.4 Å². The number of carbonyl (C=O) groups is 2. The van der Waals surface area contributed by atoms with Crippen LogP contribution in [-0.2, 0) is 16.1 Å². The third-order valence-corrected chi connectivity index (χ3v) is 5.75. The molecule has 6 heteroatoms. The molecule has 30 heavy (non-hydrogen) atoms. The number of carbonyl (C=O) groups excluding carboxylic acids is 2. The average molecular weight is 425 g/mol. The Morgan fingerprint density at radius 1 is 1.13 bits per heavy atom. The maximum Gasteiger partial charge on any atom is 0.417 e. The van der Waals surface area contributed by atoms with Crippen molar-refractivity contribution in [1.82, 2.24) is 4.90 Å². The molecule has 3 rings (SSSR count). The van der Waals surface area contributed by atoms with Gasteiger partial charge >= 0.3 is 6.09 Å². The molecule has 0 aromatic heterocycles. The molecule has 0 bridgehead atoms. The van der Waals surface area contributed by atoms with Crippen LogP contribution in [0.4, 0.5) is 10.5 Å². The van der Waals surface area contributed by atoms with Gasteiger partial charge < -0.3 is 10.1 Å². The lowest BCUT2D eigenvalue weighted by Crippen LogP contribution is -2.48. The fourth-order valence-corrected chi connectivity index (χ4v) is 4.13. The van der Waals surface area contributed by atoms with Crippen LogP contribution in [-0.4, -0.2) is 35.2 Å². The molecule has 2 atom stereocenters. The molecule has 2 aromatic carbocycles. The molecule has 0 unspecified atom stereocenters. The van der Waals surface area contributed by atoms with Gasteiger partial charge in [0.2, 0.25) is 0 Å². The first-order valence-electron chi connectivity index (χ1n) is 10.1. The van der Waals surface area contributed by atoms with Gasteiger partial charge in [-0.25, -0.2) is 9.69 Å². The van der Waals surface area contributed by atoms with E-state index in [9.17, 15) is 9.59 Å². The number of nitrogens with zero attached hydrogens (tertiary/aromatic N) is 1. The van der Waals surface area contributed by atoms with E-state index in [1.54, 1.807) is 17.8 Å². The lowest BCUT2D eigenvalue weighted by molar-refractivity contribution is -0.124. The van der Waals surface area contributed by atoms with Crippen LogP contribution in [0.3, 0.4) is 0 Å². The van der Waals surface area contributed by atoms with Crippen LogP contribution >= 0.6 is 11.8 Å². The van der Waals surface area contributed by atoms with Crippen molar-refractivity contribution in [2.24, 2.45) is 5.92 Å². The summed E-state index contributed by atoms with van der Waals surface area (Å²) in [4.78, 5) is 27.7. The van der Waals surface area contributed by atoms with Crippen molar-refractivity contribution in [2.45, 2.75) is 43.9 Å². The van der Waals surface area contributed by atoms with E-state index in [1.807, 2.05) is 54.8 Å². The Morgan fingerprint density at radius 3 is 2.53 bits per heavy atom. The molecule has 1 aliphatic heterocycles. The van der Waals surface area contributed by atoms with Gasteiger partial charge in [-0.2, -0.15) is 0 Å². The van der Waals surface area contributed by atoms with Crippen molar-refractivity contribution < 1.29 is 14.3 Å². The van der Waals surface area contributed by atoms with Crippen molar-refractivity contribution >= 4 is 29.4 Å². The third kappa shape index (κ3) is 5.45. The van der Waals surface area contributed by atoms with Gasteiger partial charge in [0.1, 0.15) is 6.61 Å². The molecule has 0 saturated carbocycles. The summed E-state index contributed by atoms with van der Waals surface area (Å²) in [5, 5.41) is 3.58. The lowest BCUT2D eigenvalue weighted by Gasteiger charge is -2.32. The molecule has 0 saturated heterocycles. The van der Waals surface area contributed by atoms with E-state index in [0.717, 1.165) is 22.6 Å². The van der Waals surface area contributed by atoms with Crippen molar-refractivity contribution in [3.05, 3.63) is 72.3 Å². The Labute approximate surface area is 182 Å². The highest BCUT2D eigenvalue weighted by atomic mass is 32.2. The monoisotopic (exact) mass is 424 g/mol. The Kier molecular flexibility index (Phi) is 7.57. The van der Waals surface area contributed by atoms with Crippen molar-refractivity contribution in [3.63, 3.8) is 0 Å². The van der Waals surface area contributed by atoms with Crippen LogP contribution in [0.2, 0.25) is 0 Å². The smallest absolute Gasteiger partial charge is 0.417 e. The summed E-state index contributed by atoms with van der Waals surface area (Å²) >= 11 is 1.66. The van der Waals surface area contributed by atoms with Crippen LogP contribution < -0.4 is 5.32 Å². The third-order valence-electron chi connectivity index (χ3n) is 4.96. The largest absolute Gasteiger partial charge is 0.444 e. The molecule has 2 amide bonds. The first-order valence-corrected chi connectivity index (χ1v) is 11.3. The highest BCUT2D eigenvalue weighted by Gasteiger charge is 2.38. The topological polar surface area (TPSA) is 58.6 Å². The fraction of sp³-hybridized carbons (Fsp3) is 0.333. The van der Waals surface area contributed by atoms with Gasteiger partial charge in [0, 0.05) is 16.7 Å². The summed E-state index contributed by atoms with van der Waals surface area (Å²) in [7, 11) is 0. The number of ether oxygens (including phenoxy) is 1. The molecule has 0 radical (unpaired) electrons. The van der Waals surface area contributed by atoms with E-state index >= 15 is 0 Å². The highest BCUT2D eigenvalue weighted by molar-refractivity contribution is 7.98. The van der Waals surface area contributed by atoms with Crippen LogP contribution in [0.15, 0.2) is 71.6 Å². The number of nitrogens with one attached hydrogen (secondary N) is 1. The molecular formula is C24H28N2O3S. The number of hydrogen-bond donors (Lipinski definition) is 1. The minimum absolute atomic E-state index is 0.120. The second-order valence-electron chi connectivity index (χ2n) is 7.68. The van der Waals surface area contributed by atoms with Gasteiger partial charge in [0.25, 0.3) is 5.91 Å². The molecule has 1 heterocycles. The molecule has 158 valence electrons. The molecule has 1 N–H and O–H groups in total. The number of imide groups is 1. The number of benzene rings is 2. The van der Waals surface area contributed by atoms with E-state index < -0.39 is 12.1 Å². The number of hydrogen-bond acceptors (Lipinski definition) is 5. The predicted molar refractivity (Wildman–Crippen MR) is 121 cm³/mol. The maximum absolute atomic E-state index is 12.8. The van der Waals surface area contributed by atoms with Crippen LogP contribution in [0.5, 0.6) is 0 Å². The Bertz CT molecular complexity index is 898. The molecule has 0 aliphatic carbocycles. The van der Waals surface area contributed by atoms with Gasteiger partial charge in [-0.05, 0) is 36.3 Å². The summed E-state index contributed by atoms with van der Waals surface area (Å²) in [5.74, 6) is 0.0435. The average Bonchev–Trinajstić information content (AvgIpc) is 3.14. The van der Waals surface area contributed by atoms with E-state index in [-0.39, 0.29) is 18.6 Å². The van der Waals surface area contributed by atoms with E-state index in [0.29, 0.717) is 5.92 Å². The Hall–Kier alpha value is -2.73. The summed E-state index contributed by atoms with van der Waals surface area (Å²) < 4.78 is 5.46. The van der Waals surface area contributed by atoms with Gasteiger partial charge in [-0.3, -0.25) is 4.79 Å². The second kappa shape index (κ2) is 10.3. The van der Waals surface area contributed by atoms with Gasteiger partial charge in [0.05, 0.1) is 12.1 Å². The first-order chi connectivity index (χ1) is 14.5. The minimum Gasteiger partial charge on any atom is -0.444 e. The number of anilines is 1. The first kappa shape index (κ1) is 22.0. The number of amides is 2. The summed E-state index contributed by atoms with van der Waals surface area (Å²) in [6.07, 6.45) is 5.47. The Balaban J connectivity index is 1.77. The van der Waals surface area contributed by atoms with E-state index in [2.05, 4.69) is 25.2 Å². The zero-order valence-electron chi connectivity index (χ0n) is 17.6.